The van der Waals surface area contributed by atoms with Crippen molar-refractivity contribution in [2.75, 3.05) is 5.75 Å². The van der Waals surface area contributed by atoms with Crippen molar-refractivity contribution in [1.29, 1.82) is 0 Å². The summed E-state index contributed by atoms with van der Waals surface area (Å²) in [6.07, 6.45) is 19.9. The minimum absolute atomic E-state index is 0.275. The van der Waals surface area contributed by atoms with Gasteiger partial charge in [-0.05, 0) is 25.7 Å². The highest BCUT2D eigenvalue weighted by Gasteiger charge is 2.27. The first-order valence-electron chi connectivity index (χ1n) is 13.1. The lowest BCUT2D eigenvalue weighted by Gasteiger charge is -2.22. The van der Waals surface area contributed by atoms with Gasteiger partial charge < -0.3 is 15.5 Å². The zero-order valence-corrected chi connectivity index (χ0v) is 22.1. The summed E-state index contributed by atoms with van der Waals surface area (Å²) in [6, 6.07) is -1.24. The molecule has 0 heterocycles. The fourth-order valence-corrected chi connectivity index (χ4v) is 4.39. The predicted molar refractivity (Wildman–Crippen MR) is 139 cm³/mol. The maximum absolute atomic E-state index is 12.3. The third kappa shape index (κ3) is 20.2. The van der Waals surface area contributed by atoms with Crippen molar-refractivity contribution < 1.29 is 28.0 Å². The van der Waals surface area contributed by atoms with E-state index in [-0.39, 0.29) is 6.42 Å². The lowest BCUT2D eigenvalue weighted by Crippen LogP contribution is -2.50. The molecule has 0 rings (SSSR count). The quantitative estimate of drug-likeness (QED) is 0.0927. The molecule has 8 heteroatoms. The van der Waals surface area contributed by atoms with Crippen LogP contribution in [0.2, 0.25) is 0 Å². The topological polar surface area (TPSA) is 124 Å². The van der Waals surface area contributed by atoms with E-state index < -0.39 is 40.0 Å². The van der Waals surface area contributed by atoms with Gasteiger partial charge in [0.1, 0.15) is 6.10 Å². The summed E-state index contributed by atoms with van der Waals surface area (Å²) in [4.78, 5) is 12.3. The van der Waals surface area contributed by atoms with E-state index in [1.54, 1.807) is 6.08 Å². The minimum atomic E-state index is -4.42. The zero-order valence-electron chi connectivity index (χ0n) is 21.3. The van der Waals surface area contributed by atoms with Gasteiger partial charge in [0, 0.05) is 0 Å². The molecule has 0 fully saturated rings. The second-order valence-electron chi connectivity index (χ2n) is 9.11. The van der Waals surface area contributed by atoms with Crippen LogP contribution in [-0.4, -0.2) is 53.1 Å². The van der Waals surface area contributed by atoms with Gasteiger partial charge in [0.2, 0.25) is 5.91 Å². The molecular formula is C26H49NO6S. The molecule has 34 heavy (non-hydrogen) atoms. The largest absolute Gasteiger partial charge is 0.387 e. The fourth-order valence-electron chi connectivity index (χ4n) is 3.65. The number of carbonyl (C=O) groups is 1. The second-order valence-corrected chi connectivity index (χ2v) is 10.6. The van der Waals surface area contributed by atoms with Gasteiger partial charge in [0.05, 0.1) is 17.9 Å². The molecule has 0 aliphatic heterocycles. The van der Waals surface area contributed by atoms with Gasteiger partial charge in [-0.1, -0.05) is 109 Å². The van der Waals surface area contributed by atoms with Crippen LogP contribution in [0.1, 0.15) is 110 Å². The molecule has 0 aromatic carbocycles. The van der Waals surface area contributed by atoms with Gasteiger partial charge >= 0.3 is 0 Å². The van der Waals surface area contributed by atoms with Gasteiger partial charge in [-0.3, -0.25) is 9.35 Å². The average Bonchev–Trinajstić information content (AvgIpc) is 2.78. The van der Waals surface area contributed by atoms with E-state index in [1.165, 1.54) is 44.6 Å². The summed E-state index contributed by atoms with van der Waals surface area (Å²) < 4.78 is 31.9. The molecule has 3 unspecified atom stereocenters. The van der Waals surface area contributed by atoms with Crippen LogP contribution in [0.3, 0.4) is 0 Å². The maximum Gasteiger partial charge on any atom is 0.267 e. The van der Waals surface area contributed by atoms with Crippen LogP contribution in [-0.2, 0) is 14.9 Å². The Labute approximate surface area is 207 Å². The molecule has 0 saturated heterocycles. The molecule has 200 valence electrons. The molecule has 0 aromatic rings. The Kier molecular flexibility index (Phi) is 20.3. The van der Waals surface area contributed by atoms with Crippen molar-refractivity contribution >= 4 is 16.0 Å². The van der Waals surface area contributed by atoms with Crippen molar-refractivity contribution in [2.24, 2.45) is 0 Å². The summed E-state index contributed by atoms with van der Waals surface area (Å²) in [6.45, 7) is 4.30. The summed E-state index contributed by atoms with van der Waals surface area (Å²) >= 11 is 0. The van der Waals surface area contributed by atoms with Gasteiger partial charge in [-0.15, -0.1) is 0 Å². The standard InChI is InChI=1S/C26H49NO6S/c1-3-5-7-9-11-12-13-15-17-19-21-25(29)26(30)27-23(22-34(31,32)33)24(28)20-18-16-14-10-8-6-4-2/h8,10,18,20,23-25,28-29H,3-7,9,11-17,19,21-22H2,1-2H3,(H,27,30)(H,31,32,33)/b10-8+,20-18+. The van der Waals surface area contributed by atoms with Crippen LogP contribution in [0.15, 0.2) is 24.3 Å². The number of aliphatic hydroxyl groups is 2. The fraction of sp³-hybridized carbons (Fsp3) is 0.808. The molecule has 0 spiro atoms. The Morgan fingerprint density at radius 1 is 0.794 bits per heavy atom. The maximum atomic E-state index is 12.3. The minimum Gasteiger partial charge on any atom is -0.387 e. The van der Waals surface area contributed by atoms with Crippen molar-refractivity contribution in [3.63, 3.8) is 0 Å². The van der Waals surface area contributed by atoms with Gasteiger partial charge in [-0.2, -0.15) is 8.42 Å². The van der Waals surface area contributed by atoms with Crippen molar-refractivity contribution in [2.45, 2.75) is 128 Å². The van der Waals surface area contributed by atoms with Crippen molar-refractivity contribution in [3.05, 3.63) is 24.3 Å². The number of rotatable bonds is 22. The lowest BCUT2D eigenvalue weighted by atomic mass is 10.0. The zero-order chi connectivity index (χ0) is 25.7. The van der Waals surface area contributed by atoms with E-state index in [9.17, 15) is 28.0 Å². The smallest absolute Gasteiger partial charge is 0.267 e. The molecule has 0 bridgehead atoms. The third-order valence-electron chi connectivity index (χ3n) is 5.72. The van der Waals surface area contributed by atoms with Crippen LogP contribution in [0.4, 0.5) is 0 Å². The highest BCUT2D eigenvalue weighted by molar-refractivity contribution is 7.85. The molecule has 7 nitrogen and oxygen atoms in total. The van der Waals surface area contributed by atoms with Crippen LogP contribution in [0.25, 0.3) is 0 Å². The van der Waals surface area contributed by atoms with Crippen molar-refractivity contribution in [3.8, 4) is 0 Å². The second kappa shape index (κ2) is 21.1. The molecule has 0 saturated carbocycles. The first-order chi connectivity index (χ1) is 16.2. The Morgan fingerprint density at radius 3 is 1.88 bits per heavy atom. The van der Waals surface area contributed by atoms with Crippen LogP contribution >= 0.6 is 0 Å². The summed E-state index contributed by atoms with van der Waals surface area (Å²) in [7, 11) is -4.42. The summed E-state index contributed by atoms with van der Waals surface area (Å²) in [5, 5.41) is 22.9. The Balaban J connectivity index is 4.37. The Hall–Kier alpha value is -1.22. The third-order valence-corrected chi connectivity index (χ3v) is 6.50. The number of aliphatic hydroxyl groups excluding tert-OH is 2. The van der Waals surface area contributed by atoms with Gasteiger partial charge in [0.25, 0.3) is 10.1 Å². The van der Waals surface area contributed by atoms with Gasteiger partial charge in [0.15, 0.2) is 0 Å². The number of allylic oxidation sites excluding steroid dienone is 3. The van der Waals surface area contributed by atoms with E-state index in [0.29, 0.717) is 12.8 Å². The first kappa shape index (κ1) is 32.8. The lowest BCUT2D eigenvalue weighted by molar-refractivity contribution is -0.130. The number of hydrogen-bond donors (Lipinski definition) is 4. The molecule has 3 atom stereocenters. The monoisotopic (exact) mass is 503 g/mol. The first-order valence-corrected chi connectivity index (χ1v) is 14.8. The molecule has 4 N–H and O–H groups in total. The van der Waals surface area contributed by atoms with E-state index in [4.69, 9.17) is 0 Å². The van der Waals surface area contributed by atoms with E-state index in [2.05, 4.69) is 25.2 Å². The highest BCUT2D eigenvalue weighted by atomic mass is 32.2. The molecule has 0 aromatic heterocycles. The average molecular weight is 504 g/mol. The molecular weight excluding hydrogens is 454 g/mol. The number of nitrogens with one attached hydrogen (secondary N) is 1. The number of carbonyl (C=O) groups excluding carboxylic acids is 1. The molecule has 0 radical (unpaired) electrons. The summed E-state index contributed by atoms with van der Waals surface area (Å²) in [5.74, 6) is -1.56. The SMILES string of the molecule is CCC/C=C/CC/C=C/C(O)C(CS(=O)(=O)O)NC(=O)C(O)CCCCCCCCCCCC. The highest BCUT2D eigenvalue weighted by Crippen LogP contribution is 2.12. The van der Waals surface area contributed by atoms with E-state index in [1.807, 2.05) is 6.08 Å². The molecule has 0 aliphatic carbocycles. The number of amides is 1. The molecule has 1 amide bonds. The van der Waals surface area contributed by atoms with Crippen molar-refractivity contribution in [1.82, 2.24) is 5.32 Å². The normalized spacial score (nSPS) is 15.1. The van der Waals surface area contributed by atoms with Crippen LogP contribution in [0.5, 0.6) is 0 Å². The number of hydrogen-bond acceptors (Lipinski definition) is 5. The summed E-state index contributed by atoms with van der Waals surface area (Å²) in [5.41, 5.74) is 0. The predicted octanol–water partition coefficient (Wildman–Crippen LogP) is 5.08. The van der Waals surface area contributed by atoms with E-state index in [0.717, 1.165) is 38.5 Å². The Morgan fingerprint density at radius 2 is 1.32 bits per heavy atom. The van der Waals surface area contributed by atoms with E-state index >= 15 is 0 Å². The van der Waals surface area contributed by atoms with Gasteiger partial charge in [-0.25, -0.2) is 0 Å². The molecule has 0 aliphatic rings. The Bertz CT molecular complexity index is 662. The van der Waals surface area contributed by atoms with Crippen LogP contribution < -0.4 is 5.32 Å². The van der Waals surface area contributed by atoms with Crippen LogP contribution in [0, 0.1) is 0 Å². The number of unbranched alkanes of at least 4 members (excludes halogenated alkanes) is 11.